The number of aliphatic hydroxyl groups is 2. The average Bonchev–Trinajstić information content (AvgIpc) is 1.95. The van der Waals surface area contributed by atoms with Crippen LogP contribution >= 0.6 is 0 Å². The lowest BCUT2D eigenvalue weighted by Gasteiger charge is -2.45. The second-order valence-corrected chi connectivity index (χ2v) is 4.20. The molecule has 0 heterocycles. The van der Waals surface area contributed by atoms with Crippen molar-refractivity contribution in [1.29, 1.82) is 0 Å². The molecule has 66 valence electrons. The van der Waals surface area contributed by atoms with Crippen LogP contribution in [0.2, 0.25) is 0 Å². The molecule has 1 fully saturated rings. The van der Waals surface area contributed by atoms with Crippen LogP contribution in [0.5, 0.6) is 0 Å². The molecule has 2 unspecified atom stereocenters. The van der Waals surface area contributed by atoms with Gasteiger partial charge >= 0.3 is 0 Å². The Labute approximate surface area is 68.2 Å². The largest absolute Gasteiger partial charge is 0.396 e. The van der Waals surface area contributed by atoms with Gasteiger partial charge in [0.1, 0.15) is 0 Å². The summed E-state index contributed by atoms with van der Waals surface area (Å²) in [6.07, 6.45) is 3.98. The van der Waals surface area contributed by atoms with Gasteiger partial charge in [-0.2, -0.15) is 0 Å². The molecule has 1 aliphatic rings. The molecule has 11 heavy (non-hydrogen) atoms. The minimum Gasteiger partial charge on any atom is -0.396 e. The van der Waals surface area contributed by atoms with E-state index in [0.29, 0.717) is 0 Å². The van der Waals surface area contributed by atoms with Gasteiger partial charge in [0.2, 0.25) is 0 Å². The predicted octanol–water partition coefficient (Wildman–Crippen LogP) is 1.31. The Kier molecular flexibility index (Phi) is 2.26. The molecule has 2 nitrogen and oxygen atoms in total. The summed E-state index contributed by atoms with van der Waals surface area (Å²) in [6.45, 7) is 3.90. The van der Waals surface area contributed by atoms with Gasteiger partial charge in [-0.05, 0) is 19.8 Å². The van der Waals surface area contributed by atoms with Crippen molar-refractivity contribution >= 4 is 0 Å². The zero-order chi connectivity index (χ0) is 8.54. The summed E-state index contributed by atoms with van der Waals surface area (Å²) >= 11 is 0. The van der Waals surface area contributed by atoms with E-state index < -0.39 is 5.60 Å². The van der Waals surface area contributed by atoms with Crippen LogP contribution in [0.4, 0.5) is 0 Å². The van der Waals surface area contributed by atoms with Crippen molar-refractivity contribution in [2.45, 2.75) is 45.1 Å². The van der Waals surface area contributed by atoms with Crippen molar-refractivity contribution in [2.75, 3.05) is 6.61 Å². The van der Waals surface area contributed by atoms with Crippen molar-refractivity contribution in [1.82, 2.24) is 0 Å². The molecule has 0 saturated heterocycles. The maximum Gasteiger partial charge on any atom is 0.0695 e. The Bertz CT molecular complexity index is 142. The smallest absolute Gasteiger partial charge is 0.0695 e. The average molecular weight is 158 g/mol. The van der Waals surface area contributed by atoms with E-state index in [2.05, 4.69) is 0 Å². The minimum atomic E-state index is -0.667. The Balaban J connectivity index is 2.74. The maximum atomic E-state index is 9.93. The molecule has 0 bridgehead atoms. The van der Waals surface area contributed by atoms with E-state index in [-0.39, 0.29) is 12.0 Å². The molecule has 1 aliphatic carbocycles. The van der Waals surface area contributed by atoms with Crippen LogP contribution in [0.3, 0.4) is 0 Å². The number of aliphatic hydroxyl groups excluding tert-OH is 1. The lowest BCUT2D eigenvalue weighted by Crippen LogP contribution is -2.48. The fraction of sp³-hybridized carbons (Fsp3) is 1.00. The quantitative estimate of drug-likeness (QED) is 0.604. The fourth-order valence-electron chi connectivity index (χ4n) is 1.80. The minimum absolute atomic E-state index is 0.0972. The van der Waals surface area contributed by atoms with Gasteiger partial charge in [-0.25, -0.2) is 0 Å². The van der Waals surface area contributed by atoms with Crippen LogP contribution in [-0.2, 0) is 0 Å². The summed E-state index contributed by atoms with van der Waals surface area (Å²) in [6, 6.07) is 0. The lowest BCUT2D eigenvalue weighted by molar-refractivity contribution is -0.114. The van der Waals surface area contributed by atoms with E-state index in [9.17, 15) is 5.11 Å². The van der Waals surface area contributed by atoms with Crippen molar-refractivity contribution < 1.29 is 10.2 Å². The first-order valence-corrected chi connectivity index (χ1v) is 4.35. The van der Waals surface area contributed by atoms with Gasteiger partial charge in [-0.3, -0.25) is 0 Å². The van der Waals surface area contributed by atoms with Crippen molar-refractivity contribution in [3.63, 3.8) is 0 Å². The Morgan fingerprint density at radius 2 is 1.73 bits per heavy atom. The summed E-state index contributed by atoms with van der Waals surface area (Å²) in [4.78, 5) is 0. The van der Waals surface area contributed by atoms with Gasteiger partial charge in [0.25, 0.3) is 0 Å². The highest BCUT2D eigenvalue weighted by atomic mass is 16.3. The lowest BCUT2D eigenvalue weighted by atomic mass is 9.65. The zero-order valence-electron chi connectivity index (χ0n) is 7.43. The van der Waals surface area contributed by atoms with E-state index in [1.807, 2.05) is 13.8 Å². The van der Waals surface area contributed by atoms with E-state index in [1.54, 1.807) is 0 Å². The molecule has 0 spiro atoms. The number of hydrogen-bond donors (Lipinski definition) is 2. The molecule has 2 N–H and O–H groups in total. The topological polar surface area (TPSA) is 40.5 Å². The summed E-state index contributed by atoms with van der Waals surface area (Å²) in [5, 5.41) is 19.1. The van der Waals surface area contributed by atoms with Gasteiger partial charge in [-0.15, -0.1) is 0 Å². The molecule has 1 saturated carbocycles. The number of rotatable bonds is 1. The highest BCUT2D eigenvalue weighted by Crippen LogP contribution is 2.43. The molecule has 1 rings (SSSR count). The van der Waals surface area contributed by atoms with Gasteiger partial charge in [-0.1, -0.05) is 19.8 Å². The van der Waals surface area contributed by atoms with Gasteiger partial charge in [0, 0.05) is 5.41 Å². The fourth-order valence-corrected chi connectivity index (χ4v) is 1.80. The molecule has 0 amide bonds. The summed E-state index contributed by atoms with van der Waals surface area (Å²) in [5.74, 6) is 0. The van der Waals surface area contributed by atoms with Crippen LogP contribution < -0.4 is 0 Å². The molecule has 2 heteroatoms. The first-order chi connectivity index (χ1) is 5.02. The first-order valence-electron chi connectivity index (χ1n) is 4.35. The molecule has 0 aromatic rings. The third-order valence-corrected chi connectivity index (χ3v) is 3.29. The van der Waals surface area contributed by atoms with Crippen molar-refractivity contribution in [3.05, 3.63) is 0 Å². The molecule has 0 aliphatic heterocycles. The molecule has 2 atom stereocenters. The van der Waals surface area contributed by atoms with Crippen molar-refractivity contribution in [2.24, 2.45) is 5.41 Å². The third-order valence-electron chi connectivity index (χ3n) is 3.29. The summed E-state index contributed by atoms with van der Waals surface area (Å²) < 4.78 is 0. The Hall–Kier alpha value is -0.0800. The van der Waals surface area contributed by atoms with Crippen molar-refractivity contribution in [3.8, 4) is 0 Å². The van der Waals surface area contributed by atoms with Crippen LogP contribution in [0.25, 0.3) is 0 Å². The predicted molar refractivity (Wildman–Crippen MR) is 44.3 cm³/mol. The van der Waals surface area contributed by atoms with E-state index in [1.165, 1.54) is 0 Å². The number of hydrogen-bond acceptors (Lipinski definition) is 2. The SMILES string of the molecule is CC1(O)CCCCC1(C)CO. The third kappa shape index (κ3) is 1.42. The Morgan fingerprint density at radius 3 is 2.09 bits per heavy atom. The van der Waals surface area contributed by atoms with Gasteiger partial charge in [0.15, 0.2) is 0 Å². The first kappa shape index (κ1) is 9.01. The van der Waals surface area contributed by atoms with E-state index >= 15 is 0 Å². The standard InChI is InChI=1S/C9H18O2/c1-8(7-10)5-3-4-6-9(8,2)11/h10-11H,3-7H2,1-2H3. The Morgan fingerprint density at radius 1 is 1.18 bits per heavy atom. The summed E-state index contributed by atoms with van der Waals surface area (Å²) in [7, 11) is 0. The van der Waals surface area contributed by atoms with E-state index in [0.717, 1.165) is 25.7 Å². The second-order valence-electron chi connectivity index (χ2n) is 4.20. The van der Waals surface area contributed by atoms with E-state index in [4.69, 9.17) is 5.11 Å². The molecular weight excluding hydrogens is 140 g/mol. The van der Waals surface area contributed by atoms with Crippen LogP contribution in [0, 0.1) is 5.41 Å². The molecule has 0 radical (unpaired) electrons. The maximum absolute atomic E-state index is 9.93. The second kappa shape index (κ2) is 2.76. The normalized spacial score (nSPS) is 45.8. The highest BCUT2D eigenvalue weighted by Gasteiger charge is 2.44. The zero-order valence-corrected chi connectivity index (χ0v) is 7.43. The van der Waals surface area contributed by atoms with Gasteiger partial charge in [0.05, 0.1) is 12.2 Å². The van der Waals surface area contributed by atoms with Crippen LogP contribution in [-0.4, -0.2) is 22.4 Å². The highest BCUT2D eigenvalue weighted by molar-refractivity contribution is 4.95. The van der Waals surface area contributed by atoms with Crippen LogP contribution in [0.1, 0.15) is 39.5 Å². The summed E-state index contributed by atoms with van der Waals surface area (Å²) in [5.41, 5.74) is -0.939. The van der Waals surface area contributed by atoms with Gasteiger partial charge < -0.3 is 10.2 Å². The molecular formula is C9H18O2. The molecule has 0 aromatic carbocycles. The van der Waals surface area contributed by atoms with Crippen LogP contribution in [0.15, 0.2) is 0 Å². The molecule has 0 aromatic heterocycles. The monoisotopic (exact) mass is 158 g/mol.